The lowest BCUT2D eigenvalue weighted by atomic mass is 10.0. The Labute approximate surface area is 220 Å². The van der Waals surface area contributed by atoms with Crippen molar-refractivity contribution in [2.24, 2.45) is 0 Å². The first-order valence-electron chi connectivity index (χ1n) is 12.3. The van der Waals surface area contributed by atoms with Crippen LogP contribution >= 0.6 is 0 Å². The number of ether oxygens (including phenoxy) is 2. The summed E-state index contributed by atoms with van der Waals surface area (Å²) in [6, 6.07) is 27.0. The molecule has 4 rings (SSSR count). The van der Waals surface area contributed by atoms with E-state index < -0.39 is 36.3 Å². The highest BCUT2D eigenvalue weighted by molar-refractivity contribution is 5.78. The summed E-state index contributed by atoms with van der Waals surface area (Å²) in [6.45, 7) is 1.60. The number of aryl methyl sites for hydroxylation is 1. The van der Waals surface area contributed by atoms with Gasteiger partial charge >= 0.3 is 12.1 Å². The number of carbonyl (C=O) groups excluding carboxylic acids is 2. The third-order valence-electron chi connectivity index (χ3n) is 6.08. The molecule has 2 amide bonds. The number of epoxide rings is 1. The summed E-state index contributed by atoms with van der Waals surface area (Å²) in [6.07, 6.45) is -0.869. The molecule has 0 radical (unpaired) electrons. The fraction of sp³-hybridized carbons (Fsp3) is 0.276. The zero-order chi connectivity index (χ0) is 27.0. The third kappa shape index (κ3) is 7.64. The molecule has 0 saturated carbocycles. The lowest BCUT2D eigenvalue weighted by molar-refractivity contribution is -0.256. The maximum absolute atomic E-state index is 13.1. The van der Waals surface area contributed by atoms with Crippen LogP contribution in [0.2, 0.25) is 0 Å². The maximum atomic E-state index is 13.1. The molecule has 0 spiro atoms. The number of benzene rings is 3. The number of rotatable bonds is 11. The number of aliphatic carboxylic acids is 1. The Morgan fingerprint density at radius 3 is 2.16 bits per heavy atom. The number of hydrogen-bond donors (Lipinski definition) is 2. The van der Waals surface area contributed by atoms with Crippen molar-refractivity contribution >= 4 is 18.0 Å². The second-order valence-corrected chi connectivity index (χ2v) is 9.08. The van der Waals surface area contributed by atoms with Crippen LogP contribution in [0.25, 0.3) is 0 Å². The van der Waals surface area contributed by atoms with Gasteiger partial charge in [0.2, 0.25) is 5.79 Å². The van der Waals surface area contributed by atoms with Crippen LogP contribution in [0.5, 0.6) is 0 Å². The average Bonchev–Trinajstić information content (AvgIpc) is 3.53. The van der Waals surface area contributed by atoms with Crippen molar-refractivity contribution in [3.8, 4) is 0 Å². The number of hydrazine groups is 1. The summed E-state index contributed by atoms with van der Waals surface area (Å²) in [5.74, 6) is -3.30. The zero-order valence-corrected chi connectivity index (χ0v) is 21.0. The monoisotopic (exact) mass is 518 g/mol. The topological polar surface area (TPSA) is 118 Å². The number of amides is 2. The van der Waals surface area contributed by atoms with E-state index in [1.165, 1.54) is 5.56 Å². The first kappa shape index (κ1) is 26.8. The van der Waals surface area contributed by atoms with Gasteiger partial charge in [-0.3, -0.25) is 9.59 Å². The lowest BCUT2D eigenvalue weighted by Crippen LogP contribution is -2.49. The average molecular weight is 519 g/mol. The van der Waals surface area contributed by atoms with Crippen molar-refractivity contribution in [2.75, 3.05) is 0 Å². The molecule has 38 heavy (non-hydrogen) atoms. The lowest BCUT2D eigenvalue weighted by Gasteiger charge is -2.25. The van der Waals surface area contributed by atoms with Crippen molar-refractivity contribution in [3.63, 3.8) is 0 Å². The van der Waals surface area contributed by atoms with Crippen LogP contribution in [0.15, 0.2) is 84.9 Å². The molecule has 1 aliphatic heterocycles. The molecule has 0 aliphatic carbocycles. The highest BCUT2D eigenvalue weighted by Crippen LogP contribution is 2.41. The summed E-state index contributed by atoms with van der Waals surface area (Å²) < 4.78 is 10.6. The van der Waals surface area contributed by atoms with Crippen LogP contribution in [0.1, 0.15) is 42.0 Å². The zero-order valence-electron chi connectivity index (χ0n) is 21.0. The molecule has 9 nitrogen and oxygen atoms in total. The van der Waals surface area contributed by atoms with Gasteiger partial charge in [-0.15, -0.1) is 5.17 Å². The number of carboxylic acid groups (broad SMARTS) is 1. The molecule has 2 unspecified atom stereocenters. The molecular weight excluding hydrogens is 488 g/mol. The highest BCUT2D eigenvalue weighted by atomic mass is 16.9. The molecule has 1 fully saturated rings. The number of nitrogens with one attached hydrogen (secondary N) is 1. The molecule has 1 aliphatic rings. The van der Waals surface area contributed by atoms with Crippen LogP contribution in [0.3, 0.4) is 0 Å². The number of nitrogens with zero attached hydrogens (tertiary/aromatic N) is 1. The first-order valence-corrected chi connectivity index (χ1v) is 12.3. The van der Waals surface area contributed by atoms with Gasteiger partial charge in [0.25, 0.3) is 5.91 Å². The second kappa shape index (κ2) is 12.4. The van der Waals surface area contributed by atoms with E-state index in [-0.39, 0.29) is 13.0 Å². The van der Waals surface area contributed by atoms with E-state index in [0.29, 0.717) is 11.6 Å². The van der Waals surface area contributed by atoms with Gasteiger partial charge in [-0.05, 0) is 42.0 Å². The van der Waals surface area contributed by atoms with Gasteiger partial charge in [0, 0.05) is 6.42 Å². The Kier molecular flexibility index (Phi) is 8.73. The summed E-state index contributed by atoms with van der Waals surface area (Å²) >= 11 is 0. The van der Waals surface area contributed by atoms with Gasteiger partial charge in [0.15, 0.2) is 0 Å². The van der Waals surface area contributed by atoms with Crippen molar-refractivity contribution in [2.45, 2.75) is 51.1 Å². The number of carbonyl (C=O) groups is 3. The number of hydroxylamine groups is 1. The van der Waals surface area contributed by atoms with E-state index in [4.69, 9.17) is 14.3 Å². The van der Waals surface area contributed by atoms with Gasteiger partial charge in [0.1, 0.15) is 19.1 Å². The van der Waals surface area contributed by atoms with Crippen molar-refractivity contribution in [1.29, 1.82) is 0 Å². The molecule has 3 aromatic carbocycles. The molecule has 2 N–H and O–H groups in total. The first-order chi connectivity index (χ1) is 18.3. The predicted molar refractivity (Wildman–Crippen MR) is 137 cm³/mol. The van der Waals surface area contributed by atoms with E-state index >= 15 is 0 Å². The van der Waals surface area contributed by atoms with E-state index in [2.05, 4.69) is 17.6 Å². The standard InChI is InChI=1S/C29H30N2O7/c1-21-29(37-21,19-27(33)34)38-31(30-28(35)36-20-24-11-6-3-7-12-24)26(32)16-15-23-13-8-14-25(18-23)17-22-9-4-2-5-10-22/h2-14,18,21H,15-17,19-20H2,1H3,(H,30,35)(H,33,34). The predicted octanol–water partition coefficient (Wildman–Crippen LogP) is 4.40. The number of hydrogen-bond acceptors (Lipinski definition) is 6. The quantitative estimate of drug-likeness (QED) is 0.285. The van der Waals surface area contributed by atoms with Gasteiger partial charge in [0.05, 0.1) is 0 Å². The van der Waals surface area contributed by atoms with Gasteiger partial charge in [-0.25, -0.2) is 15.1 Å². The number of carboxylic acids is 1. The smallest absolute Gasteiger partial charge is 0.428 e. The summed E-state index contributed by atoms with van der Waals surface area (Å²) in [4.78, 5) is 42.5. The fourth-order valence-corrected chi connectivity index (χ4v) is 4.00. The molecule has 9 heteroatoms. The second-order valence-electron chi connectivity index (χ2n) is 9.08. The molecule has 1 heterocycles. The van der Waals surface area contributed by atoms with Gasteiger partial charge < -0.3 is 14.6 Å². The van der Waals surface area contributed by atoms with Crippen molar-refractivity contribution in [1.82, 2.24) is 10.6 Å². The minimum Gasteiger partial charge on any atom is -0.481 e. The molecule has 1 saturated heterocycles. The van der Waals surface area contributed by atoms with Crippen LogP contribution in [-0.2, 0) is 43.3 Å². The van der Waals surface area contributed by atoms with Gasteiger partial charge in [-0.1, -0.05) is 84.9 Å². The van der Waals surface area contributed by atoms with Crippen molar-refractivity contribution < 1.29 is 33.8 Å². The largest absolute Gasteiger partial charge is 0.481 e. The Hall–Kier alpha value is -4.21. The van der Waals surface area contributed by atoms with E-state index in [0.717, 1.165) is 23.1 Å². The molecule has 0 aromatic heterocycles. The SMILES string of the molecule is CC1OC1(CC(=O)O)ON(NC(=O)OCc1ccccc1)C(=O)CCc1cccc(Cc2ccccc2)c1. The van der Waals surface area contributed by atoms with Crippen LogP contribution in [0, 0.1) is 0 Å². The summed E-state index contributed by atoms with van der Waals surface area (Å²) in [5.41, 5.74) is 6.28. The summed E-state index contributed by atoms with van der Waals surface area (Å²) in [5, 5.41) is 9.89. The molecule has 2 atom stereocenters. The Morgan fingerprint density at radius 1 is 0.921 bits per heavy atom. The van der Waals surface area contributed by atoms with Crippen LogP contribution in [0.4, 0.5) is 4.79 Å². The third-order valence-corrected chi connectivity index (χ3v) is 6.08. The fourth-order valence-electron chi connectivity index (χ4n) is 4.00. The van der Waals surface area contributed by atoms with E-state index in [9.17, 15) is 19.5 Å². The normalized spacial score (nSPS) is 17.9. The maximum Gasteiger partial charge on any atom is 0.428 e. The van der Waals surface area contributed by atoms with Gasteiger partial charge in [-0.2, -0.15) is 0 Å². The Bertz CT molecular complexity index is 1250. The van der Waals surface area contributed by atoms with E-state index in [1.54, 1.807) is 19.1 Å². The molecule has 0 bridgehead atoms. The minimum absolute atomic E-state index is 0.00864. The Morgan fingerprint density at radius 2 is 1.53 bits per heavy atom. The minimum atomic E-state index is -1.55. The highest BCUT2D eigenvalue weighted by Gasteiger charge is 2.59. The Balaban J connectivity index is 1.39. The molecule has 198 valence electrons. The summed E-state index contributed by atoms with van der Waals surface area (Å²) in [7, 11) is 0. The molecule has 3 aromatic rings. The van der Waals surface area contributed by atoms with Crippen LogP contribution in [-0.4, -0.2) is 40.1 Å². The molecular formula is C29H30N2O7. The van der Waals surface area contributed by atoms with Crippen LogP contribution < -0.4 is 5.43 Å². The van der Waals surface area contributed by atoms with E-state index in [1.807, 2.05) is 60.7 Å². The van der Waals surface area contributed by atoms with Crippen molar-refractivity contribution in [3.05, 3.63) is 107 Å².